The summed E-state index contributed by atoms with van der Waals surface area (Å²) in [7, 11) is 0. The van der Waals surface area contributed by atoms with E-state index in [4.69, 9.17) is 4.74 Å². The largest absolute Gasteiger partial charge is 0.381 e. The molecule has 0 aromatic carbocycles. The lowest BCUT2D eigenvalue weighted by atomic mass is 9.93. The second-order valence-corrected chi connectivity index (χ2v) is 3.20. The summed E-state index contributed by atoms with van der Waals surface area (Å²) >= 11 is 0. The number of ether oxygens (including phenoxy) is 1. The van der Waals surface area contributed by atoms with Crippen molar-refractivity contribution in [1.29, 1.82) is 0 Å². The van der Waals surface area contributed by atoms with Crippen molar-refractivity contribution in [2.75, 3.05) is 19.8 Å². The molecule has 1 rings (SSSR count). The van der Waals surface area contributed by atoms with Crippen LogP contribution >= 0.6 is 0 Å². The summed E-state index contributed by atoms with van der Waals surface area (Å²) in [5.41, 5.74) is 0.354. The van der Waals surface area contributed by atoms with Crippen molar-refractivity contribution in [3.05, 3.63) is 0 Å². The molecule has 10 heavy (non-hydrogen) atoms. The van der Waals surface area contributed by atoms with Crippen LogP contribution in [0.15, 0.2) is 0 Å². The Morgan fingerprint density at radius 1 is 1.40 bits per heavy atom. The molecular weight excluding hydrogens is 126 g/mol. The van der Waals surface area contributed by atoms with Crippen LogP contribution in [0.1, 0.15) is 26.7 Å². The van der Waals surface area contributed by atoms with E-state index in [0.717, 1.165) is 32.6 Å². The molecule has 0 amide bonds. The zero-order chi connectivity index (χ0) is 7.45. The maximum absolute atomic E-state index is 5.27. The Morgan fingerprint density at radius 2 is 2.00 bits per heavy atom. The van der Waals surface area contributed by atoms with Gasteiger partial charge in [-0.15, -0.1) is 0 Å². The van der Waals surface area contributed by atoms with Crippen LogP contribution in [0.25, 0.3) is 0 Å². The predicted molar refractivity (Wildman–Crippen MR) is 42.1 cm³/mol. The monoisotopic (exact) mass is 143 g/mol. The Balaban J connectivity index is 2.32. The summed E-state index contributed by atoms with van der Waals surface area (Å²) in [4.78, 5) is 0. The van der Waals surface area contributed by atoms with E-state index in [1.165, 1.54) is 0 Å². The van der Waals surface area contributed by atoms with E-state index in [-0.39, 0.29) is 0 Å². The molecule has 1 fully saturated rings. The molecule has 0 atom stereocenters. The first kappa shape index (κ1) is 8.02. The van der Waals surface area contributed by atoms with Crippen LogP contribution in [-0.2, 0) is 4.74 Å². The Kier molecular flexibility index (Phi) is 2.69. The zero-order valence-electron chi connectivity index (χ0n) is 6.94. The fraction of sp³-hybridized carbons (Fsp3) is 1.00. The van der Waals surface area contributed by atoms with Gasteiger partial charge in [-0.2, -0.15) is 0 Å². The van der Waals surface area contributed by atoms with Gasteiger partial charge in [0.1, 0.15) is 0 Å². The van der Waals surface area contributed by atoms with Gasteiger partial charge >= 0.3 is 0 Å². The summed E-state index contributed by atoms with van der Waals surface area (Å²) in [6.07, 6.45) is 2.31. The van der Waals surface area contributed by atoms with Crippen molar-refractivity contribution < 1.29 is 4.74 Å². The number of rotatable bonds is 2. The smallest absolute Gasteiger partial charge is 0.0483 e. The number of hydrogen-bond acceptors (Lipinski definition) is 2. The second-order valence-electron chi connectivity index (χ2n) is 3.20. The van der Waals surface area contributed by atoms with Gasteiger partial charge in [-0.25, -0.2) is 0 Å². The molecule has 0 unspecified atom stereocenters. The average Bonchev–Trinajstić information content (AvgIpc) is 1.89. The lowest BCUT2D eigenvalue weighted by molar-refractivity contribution is 0.0461. The lowest BCUT2D eigenvalue weighted by Gasteiger charge is -2.34. The van der Waals surface area contributed by atoms with Crippen LogP contribution in [0, 0.1) is 0 Å². The van der Waals surface area contributed by atoms with E-state index in [2.05, 4.69) is 19.2 Å². The molecular formula is C8H17NO. The third-order valence-corrected chi connectivity index (χ3v) is 2.20. The third-order valence-electron chi connectivity index (χ3n) is 2.20. The van der Waals surface area contributed by atoms with E-state index < -0.39 is 0 Å². The molecule has 0 radical (unpaired) electrons. The first-order valence-corrected chi connectivity index (χ1v) is 4.10. The summed E-state index contributed by atoms with van der Waals surface area (Å²) in [6, 6.07) is 0. The van der Waals surface area contributed by atoms with Gasteiger partial charge in [-0.05, 0) is 26.3 Å². The topological polar surface area (TPSA) is 21.3 Å². The molecule has 1 aliphatic rings. The molecule has 0 saturated carbocycles. The highest BCUT2D eigenvalue weighted by Gasteiger charge is 2.25. The van der Waals surface area contributed by atoms with Crippen molar-refractivity contribution in [3.8, 4) is 0 Å². The highest BCUT2D eigenvalue weighted by molar-refractivity contribution is 4.84. The third kappa shape index (κ3) is 1.96. The van der Waals surface area contributed by atoms with E-state index in [0.29, 0.717) is 5.54 Å². The Morgan fingerprint density at radius 3 is 2.50 bits per heavy atom. The van der Waals surface area contributed by atoms with Gasteiger partial charge in [0, 0.05) is 18.8 Å². The molecule has 0 spiro atoms. The number of hydrogen-bond donors (Lipinski definition) is 1. The maximum atomic E-state index is 5.27. The van der Waals surface area contributed by atoms with Crippen LogP contribution in [-0.4, -0.2) is 25.3 Å². The first-order chi connectivity index (χ1) is 4.77. The molecule has 60 valence electrons. The normalized spacial score (nSPS) is 24.6. The van der Waals surface area contributed by atoms with Crippen molar-refractivity contribution >= 4 is 0 Å². The molecule has 0 bridgehead atoms. The highest BCUT2D eigenvalue weighted by Crippen LogP contribution is 2.18. The van der Waals surface area contributed by atoms with Gasteiger partial charge in [0.15, 0.2) is 0 Å². The van der Waals surface area contributed by atoms with Crippen LogP contribution in [0.3, 0.4) is 0 Å². The summed E-state index contributed by atoms with van der Waals surface area (Å²) in [5, 5.41) is 3.48. The van der Waals surface area contributed by atoms with Crippen molar-refractivity contribution in [2.24, 2.45) is 0 Å². The van der Waals surface area contributed by atoms with Crippen LogP contribution in [0.5, 0.6) is 0 Å². The molecule has 1 N–H and O–H groups in total. The standard InChI is InChI=1S/C8H17NO/c1-3-9-8(2)4-6-10-7-5-8/h9H,3-7H2,1-2H3. The average molecular weight is 143 g/mol. The molecule has 1 aliphatic heterocycles. The van der Waals surface area contributed by atoms with Crippen molar-refractivity contribution in [3.63, 3.8) is 0 Å². The van der Waals surface area contributed by atoms with E-state index in [9.17, 15) is 0 Å². The maximum Gasteiger partial charge on any atom is 0.0483 e. The summed E-state index contributed by atoms with van der Waals surface area (Å²) in [5.74, 6) is 0. The highest BCUT2D eigenvalue weighted by atomic mass is 16.5. The van der Waals surface area contributed by atoms with Gasteiger partial charge in [0.25, 0.3) is 0 Å². The Hall–Kier alpha value is -0.0800. The molecule has 2 heteroatoms. The van der Waals surface area contributed by atoms with Gasteiger partial charge in [-0.3, -0.25) is 0 Å². The predicted octanol–water partition coefficient (Wildman–Crippen LogP) is 1.17. The fourth-order valence-electron chi connectivity index (χ4n) is 1.43. The lowest BCUT2D eigenvalue weighted by Crippen LogP contribution is -2.46. The van der Waals surface area contributed by atoms with Crippen LogP contribution < -0.4 is 5.32 Å². The van der Waals surface area contributed by atoms with E-state index >= 15 is 0 Å². The van der Waals surface area contributed by atoms with Gasteiger partial charge in [0.05, 0.1) is 0 Å². The van der Waals surface area contributed by atoms with Crippen LogP contribution in [0.2, 0.25) is 0 Å². The molecule has 1 saturated heterocycles. The zero-order valence-corrected chi connectivity index (χ0v) is 6.94. The molecule has 0 aromatic rings. The van der Waals surface area contributed by atoms with E-state index in [1.807, 2.05) is 0 Å². The van der Waals surface area contributed by atoms with Gasteiger partial charge in [-0.1, -0.05) is 6.92 Å². The minimum Gasteiger partial charge on any atom is -0.381 e. The number of nitrogens with one attached hydrogen (secondary N) is 1. The minimum absolute atomic E-state index is 0.354. The van der Waals surface area contributed by atoms with Gasteiger partial charge in [0.2, 0.25) is 0 Å². The SMILES string of the molecule is CCNC1(C)CCOCC1. The minimum atomic E-state index is 0.354. The van der Waals surface area contributed by atoms with Gasteiger partial charge < -0.3 is 10.1 Å². The summed E-state index contributed by atoms with van der Waals surface area (Å²) in [6.45, 7) is 7.34. The van der Waals surface area contributed by atoms with Crippen molar-refractivity contribution in [2.45, 2.75) is 32.2 Å². The van der Waals surface area contributed by atoms with Crippen LogP contribution in [0.4, 0.5) is 0 Å². The Labute approximate surface area is 63.0 Å². The second kappa shape index (κ2) is 3.35. The molecule has 0 aliphatic carbocycles. The quantitative estimate of drug-likeness (QED) is 0.626. The molecule has 1 heterocycles. The van der Waals surface area contributed by atoms with Crippen molar-refractivity contribution in [1.82, 2.24) is 5.32 Å². The molecule has 0 aromatic heterocycles. The Bertz CT molecular complexity index is 91.9. The fourth-order valence-corrected chi connectivity index (χ4v) is 1.43. The first-order valence-electron chi connectivity index (χ1n) is 4.10. The van der Waals surface area contributed by atoms with E-state index in [1.54, 1.807) is 0 Å². The summed E-state index contributed by atoms with van der Waals surface area (Å²) < 4.78 is 5.27. The molecule has 2 nitrogen and oxygen atoms in total.